The fraction of sp³-hybridized carbons (Fsp3) is 0.180. The SMILES string of the molecule is CC(C)(C)c1ccnc(-n2c3[c-]c(C4(c5[c-]c(N6[OH+]N(C(C)(C)C)c7ccccc76)ccc5)c5ccccc5-c5ccccc54)ccc3c3ccccc32)c1.[Pt]. The number of nitrogens with zero attached hydrogens (tertiary/aromatic N) is 4. The maximum absolute atomic E-state index is 5.20. The third-order valence-corrected chi connectivity index (χ3v) is 11.3. The van der Waals surface area contributed by atoms with Crippen LogP contribution in [0, 0.1) is 12.1 Å². The topological polar surface area (TPSA) is 37.1 Å². The van der Waals surface area contributed by atoms with Crippen LogP contribution in [0.4, 0.5) is 17.1 Å². The van der Waals surface area contributed by atoms with E-state index in [4.69, 9.17) is 9.92 Å². The number of para-hydroxylation sites is 3. The van der Waals surface area contributed by atoms with E-state index in [1.807, 2.05) is 11.3 Å². The average Bonchev–Trinajstić information content (AvgIpc) is 3.85. The van der Waals surface area contributed by atoms with Gasteiger partial charge < -0.3 is 4.57 Å². The second-order valence-corrected chi connectivity index (χ2v) is 16.8. The van der Waals surface area contributed by atoms with Crippen molar-refractivity contribution in [2.75, 3.05) is 10.1 Å². The number of aromatic nitrogens is 2. The molecule has 280 valence electrons. The third-order valence-electron chi connectivity index (χ3n) is 11.3. The molecule has 0 saturated carbocycles. The molecule has 0 atom stereocenters. The Balaban J connectivity index is 0.00000410. The van der Waals surface area contributed by atoms with E-state index in [2.05, 4.69) is 203 Å². The van der Waals surface area contributed by atoms with Crippen molar-refractivity contribution in [3.63, 3.8) is 0 Å². The smallest absolute Gasteiger partial charge is 0.145 e. The van der Waals surface area contributed by atoms with E-state index in [0.29, 0.717) is 0 Å². The van der Waals surface area contributed by atoms with Gasteiger partial charge in [-0.25, -0.2) is 4.98 Å². The molecule has 2 aliphatic rings. The summed E-state index contributed by atoms with van der Waals surface area (Å²) in [5.74, 6) is 0.888. The molecule has 0 amide bonds. The van der Waals surface area contributed by atoms with Gasteiger partial charge in [0.05, 0.1) is 0 Å². The first kappa shape index (κ1) is 36.2. The second kappa shape index (κ2) is 13.0. The van der Waals surface area contributed by atoms with Crippen LogP contribution in [0.15, 0.2) is 146 Å². The van der Waals surface area contributed by atoms with Crippen LogP contribution < -0.4 is 10.1 Å². The maximum atomic E-state index is 5.20. The fourth-order valence-corrected chi connectivity index (χ4v) is 8.80. The van der Waals surface area contributed by atoms with Gasteiger partial charge in [0, 0.05) is 43.9 Å². The third kappa shape index (κ3) is 5.32. The van der Waals surface area contributed by atoms with Gasteiger partial charge in [-0.1, -0.05) is 105 Å². The molecule has 1 aliphatic carbocycles. The van der Waals surface area contributed by atoms with Crippen molar-refractivity contribution in [1.82, 2.24) is 9.55 Å². The Hall–Kier alpha value is -5.48. The van der Waals surface area contributed by atoms with Crippen molar-refractivity contribution in [2.45, 2.75) is 57.9 Å². The number of benzene rings is 6. The summed E-state index contributed by atoms with van der Waals surface area (Å²) in [6, 6.07) is 58.3. The number of pyridine rings is 1. The van der Waals surface area contributed by atoms with Crippen molar-refractivity contribution in [3.8, 4) is 16.9 Å². The van der Waals surface area contributed by atoms with Gasteiger partial charge in [0.1, 0.15) is 22.7 Å². The molecule has 0 radical (unpaired) electrons. The summed E-state index contributed by atoms with van der Waals surface area (Å²) in [7, 11) is 0. The van der Waals surface area contributed by atoms with Crippen molar-refractivity contribution < 1.29 is 26.0 Å². The first-order valence-corrected chi connectivity index (χ1v) is 19.1. The molecule has 10 rings (SSSR count). The molecule has 1 aliphatic heterocycles. The average molecular weight is 911 g/mol. The molecule has 3 heterocycles. The molecule has 0 spiro atoms. The van der Waals surface area contributed by atoms with Crippen LogP contribution in [0.3, 0.4) is 0 Å². The van der Waals surface area contributed by atoms with Crippen molar-refractivity contribution in [1.29, 1.82) is 0 Å². The molecule has 5 nitrogen and oxygen atoms in total. The van der Waals surface area contributed by atoms with E-state index < -0.39 is 5.41 Å². The van der Waals surface area contributed by atoms with Crippen molar-refractivity contribution >= 4 is 38.9 Å². The summed E-state index contributed by atoms with van der Waals surface area (Å²) < 4.78 is 2.30. The second-order valence-electron chi connectivity index (χ2n) is 16.8. The van der Waals surface area contributed by atoms with Crippen LogP contribution in [0.2, 0.25) is 0 Å². The fourth-order valence-electron chi connectivity index (χ4n) is 8.80. The van der Waals surface area contributed by atoms with Crippen LogP contribution in [-0.2, 0) is 31.9 Å². The molecule has 8 aromatic rings. The Morgan fingerprint density at radius 3 is 1.96 bits per heavy atom. The zero-order valence-electron chi connectivity index (χ0n) is 32.4. The first-order chi connectivity index (χ1) is 26.5. The van der Waals surface area contributed by atoms with E-state index in [9.17, 15) is 0 Å². The summed E-state index contributed by atoms with van der Waals surface area (Å²) in [5, 5.41) is 6.48. The summed E-state index contributed by atoms with van der Waals surface area (Å²) in [6.45, 7) is 13.3. The van der Waals surface area contributed by atoms with Gasteiger partial charge in [-0.05, 0) is 89.7 Å². The molecule has 0 fully saturated rings. The van der Waals surface area contributed by atoms with Crippen molar-refractivity contribution in [2.24, 2.45) is 0 Å². The minimum absolute atomic E-state index is 0. The van der Waals surface area contributed by atoms with E-state index in [-0.39, 0.29) is 32.0 Å². The summed E-state index contributed by atoms with van der Waals surface area (Å²) in [5.41, 5.74) is 12.3. The summed E-state index contributed by atoms with van der Waals surface area (Å²) in [6.07, 6.45) is 1.94. The maximum Gasteiger partial charge on any atom is 0.145 e. The largest absolute Gasteiger partial charge is 0.319 e. The number of anilines is 3. The number of hydrogen-bond donors (Lipinski definition) is 0. The summed E-state index contributed by atoms with van der Waals surface area (Å²) in [4.78, 5) is 10.2. The normalized spacial score (nSPS) is 14.5. The molecule has 6 aromatic carbocycles. The minimum atomic E-state index is -0.720. The standard InChI is InChI=1S/C50H42N4O.Pt/c1-48(2,3)33-28-29-51-47(32-33)52-43-23-12-9-20-39(43)40-27-26-35(31-46(40)52)50(41-21-10-7-18-37(41)38-19-8-11-22-42(38)50)34-16-15-17-36(30-34)53-44-24-13-14-25-45(44)54(55-53)49(4,5)6;/h7-29,32H,1-6H3;/q-2;/p+1. The van der Waals surface area contributed by atoms with Gasteiger partial charge in [-0.15, -0.1) is 38.8 Å². The number of hydroxylamine groups is 1. The molecular formula is C50H43N4OPt-. The predicted molar refractivity (Wildman–Crippen MR) is 225 cm³/mol. The van der Waals surface area contributed by atoms with Gasteiger partial charge in [-0.2, -0.15) is 35.3 Å². The van der Waals surface area contributed by atoms with E-state index >= 15 is 0 Å². The Bertz CT molecular complexity index is 2760. The number of hydrogen-bond acceptors (Lipinski definition) is 3. The molecular weight excluding hydrogens is 868 g/mol. The van der Waals surface area contributed by atoms with Gasteiger partial charge in [0.15, 0.2) is 0 Å². The predicted octanol–water partition coefficient (Wildman–Crippen LogP) is 12.0. The van der Waals surface area contributed by atoms with Gasteiger partial charge in [0.25, 0.3) is 0 Å². The summed E-state index contributed by atoms with van der Waals surface area (Å²) >= 11 is 0. The Labute approximate surface area is 343 Å². The Kier molecular flexibility index (Phi) is 8.43. The van der Waals surface area contributed by atoms with E-state index in [1.54, 1.807) is 0 Å². The quantitative estimate of drug-likeness (QED) is 0.130. The molecule has 2 aromatic heterocycles. The molecule has 6 heteroatoms. The van der Waals surface area contributed by atoms with Crippen LogP contribution in [-0.4, -0.2) is 20.0 Å². The zero-order chi connectivity index (χ0) is 37.7. The Morgan fingerprint density at radius 2 is 1.25 bits per heavy atom. The van der Waals surface area contributed by atoms with Crippen LogP contribution in [0.25, 0.3) is 38.8 Å². The van der Waals surface area contributed by atoms with Crippen LogP contribution in [0.5, 0.6) is 0 Å². The van der Waals surface area contributed by atoms with Gasteiger partial charge in [0.2, 0.25) is 0 Å². The zero-order valence-corrected chi connectivity index (χ0v) is 34.7. The molecule has 0 bridgehead atoms. The molecule has 0 saturated heterocycles. The van der Waals surface area contributed by atoms with Crippen molar-refractivity contribution in [3.05, 3.63) is 186 Å². The minimum Gasteiger partial charge on any atom is -0.319 e. The molecule has 56 heavy (non-hydrogen) atoms. The first-order valence-electron chi connectivity index (χ1n) is 19.1. The number of rotatable bonds is 4. The van der Waals surface area contributed by atoms with E-state index in [1.165, 1.54) is 33.2 Å². The monoisotopic (exact) mass is 910 g/mol. The van der Waals surface area contributed by atoms with E-state index in [0.717, 1.165) is 50.4 Å². The number of fused-ring (bicyclic) bond motifs is 7. The van der Waals surface area contributed by atoms with Gasteiger partial charge >= 0.3 is 0 Å². The van der Waals surface area contributed by atoms with Crippen LogP contribution in [0.1, 0.15) is 69.4 Å². The molecule has 0 unspecified atom stereocenters. The van der Waals surface area contributed by atoms with Gasteiger partial charge in [-0.3, -0.25) is 0 Å². The van der Waals surface area contributed by atoms with Crippen LogP contribution >= 0.6 is 0 Å². The Morgan fingerprint density at radius 1 is 0.607 bits per heavy atom. The molecule has 1 N–H and O–H groups in total.